The molecule has 0 atom stereocenters. The van der Waals surface area contributed by atoms with Crippen LogP contribution in [0.5, 0.6) is 0 Å². The van der Waals surface area contributed by atoms with E-state index in [1.54, 1.807) is 11.3 Å². The molecule has 0 aliphatic rings. The quantitative estimate of drug-likeness (QED) is 0.744. The molecule has 0 amide bonds. The summed E-state index contributed by atoms with van der Waals surface area (Å²) in [6.07, 6.45) is 0. The lowest BCUT2D eigenvalue weighted by molar-refractivity contribution is 1.10. The van der Waals surface area contributed by atoms with E-state index >= 15 is 0 Å². The van der Waals surface area contributed by atoms with Crippen LogP contribution in [0.1, 0.15) is 22.3 Å². The third-order valence-corrected chi connectivity index (χ3v) is 4.56. The Bertz CT molecular complexity index is 759. The highest BCUT2D eigenvalue weighted by atomic mass is 32.1. The minimum absolute atomic E-state index is 0.858. The van der Waals surface area contributed by atoms with Gasteiger partial charge in [-0.25, -0.2) is 4.98 Å². The number of aryl methyl sites for hydroxylation is 3. The fraction of sp³-hybridized carbons (Fsp3) is 0.235. The second-order valence-electron chi connectivity index (χ2n) is 5.25. The molecule has 2 nitrogen and oxygen atoms in total. The van der Waals surface area contributed by atoms with Crippen LogP contribution in [0.4, 0.5) is 5.69 Å². The highest BCUT2D eigenvalue weighted by molar-refractivity contribution is 7.16. The molecule has 0 bridgehead atoms. The monoisotopic (exact) mass is 282 g/mol. The molecule has 102 valence electrons. The zero-order chi connectivity index (χ0) is 14.1. The largest absolute Gasteiger partial charge is 0.381 e. The van der Waals surface area contributed by atoms with Crippen LogP contribution in [0.15, 0.2) is 35.8 Å². The zero-order valence-electron chi connectivity index (χ0n) is 12.0. The van der Waals surface area contributed by atoms with Crippen molar-refractivity contribution in [3.05, 3.63) is 58.1 Å². The third kappa shape index (κ3) is 2.54. The van der Waals surface area contributed by atoms with E-state index in [1.165, 1.54) is 27.0 Å². The number of anilines is 1. The lowest BCUT2D eigenvalue weighted by atomic mass is 10.0. The summed E-state index contributed by atoms with van der Waals surface area (Å²) in [4.78, 5) is 4.30. The number of aromatic nitrogens is 1. The van der Waals surface area contributed by atoms with Gasteiger partial charge in [0.05, 0.1) is 15.7 Å². The van der Waals surface area contributed by atoms with Crippen molar-refractivity contribution in [1.29, 1.82) is 0 Å². The average molecular weight is 282 g/mol. The van der Waals surface area contributed by atoms with Crippen molar-refractivity contribution in [2.45, 2.75) is 27.3 Å². The Kier molecular flexibility index (Phi) is 3.45. The summed E-state index contributed by atoms with van der Waals surface area (Å²) in [5, 5.41) is 3.51. The second-order valence-corrected chi connectivity index (χ2v) is 6.14. The molecule has 3 heteroatoms. The molecule has 0 saturated carbocycles. The number of nitrogens with zero attached hydrogens (tertiary/aromatic N) is 1. The molecule has 2 aromatic carbocycles. The van der Waals surface area contributed by atoms with E-state index in [-0.39, 0.29) is 0 Å². The first-order chi connectivity index (χ1) is 9.63. The maximum atomic E-state index is 4.30. The molecular formula is C17H18N2S. The Morgan fingerprint density at radius 3 is 2.65 bits per heavy atom. The van der Waals surface area contributed by atoms with Crippen LogP contribution in [0.2, 0.25) is 0 Å². The predicted molar refractivity (Wildman–Crippen MR) is 87.6 cm³/mol. The summed E-state index contributed by atoms with van der Waals surface area (Å²) in [5.74, 6) is 0. The van der Waals surface area contributed by atoms with Gasteiger partial charge in [-0.1, -0.05) is 12.1 Å². The van der Waals surface area contributed by atoms with Gasteiger partial charge in [-0.3, -0.25) is 0 Å². The van der Waals surface area contributed by atoms with E-state index in [2.05, 4.69) is 61.4 Å². The topological polar surface area (TPSA) is 24.9 Å². The smallest absolute Gasteiger partial charge is 0.0813 e. The van der Waals surface area contributed by atoms with Crippen molar-refractivity contribution in [3.8, 4) is 0 Å². The van der Waals surface area contributed by atoms with Crippen molar-refractivity contribution in [2.75, 3.05) is 5.32 Å². The Morgan fingerprint density at radius 1 is 1.00 bits per heavy atom. The fourth-order valence-electron chi connectivity index (χ4n) is 2.37. The number of hydrogen-bond acceptors (Lipinski definition) is 3. The summed E-state index contributed by atoms with van der Waals surface area (Å²) in [6, 6.07) is 10.9. The highest BCUT2D eigenvalue weighted by Gasteiger charge is 2.03. The van der Waals surface area contributed by atoms with Gasteiger partial charge in [0.2, 0.25) is 0 Å². The number of benzene rings is 2. The molecule has 0 radical (unpaired) electrons. The second kappa shape index (κ2) is 5.25. The number of thiazole rings is 1. The van der Waals surface area contributed by atoms with Crippen LogP contribution in [0.3, 0.4) is 0 Å². The average Bonchev–Trinajstić information content (AvgIpc) is 2.89. The zero-order valence-corrected chi connectivity index (χ0v) is 12.8. The van der Waals surface area contributed by atoms with Crippen molar-refractivity contribution in [3.63, 3.8) is 0 Å². The van der Waals surface area contributed by atoms with Gasteiger partial charge in [-0.05, 0) is 61.2 Å². The summed E-state index contributed by atoms with van der Waals surface area (Å²) in [6.45, 7) is 7.37. The van der Waals surface area contributed by atoms with Crippen LogP contribution in [-0.4, -0.2) is 4.98 Å². The number of fused-ring (bicyclic) bond motifs is 1. The van der Waals surface area contributed by atoms with Crippen LogP contribution in [0.25, 0.3) is 10.2 Å². The molecule has 0 aliphatic heterocycles. The highest BCUT2D eigenvalue weighted by Crippen LogP contribution is 2.23. The molecular weight excluding hydrogens is 264 g/mol. The van der Waals surface area contributed by atoms with E-state index in [1.807, 2.05) is 5.51 Å². The van der Waals surface area contributed by atoms with Gasteiger partial charge < -0.3 is 5.32 Å². The molecule has 1 heterocycles. The molecule has 0 saturated heterocycles. The van der Waals surface area contributed by atoms with Gasteiger partial charge in [0.25, 0.3) is 0 Å². The van der Waals surface area contributed by atoms with Crippen LogP contribution >= 0.6 is 11.3 Å². The van der Waals surface area contributed by atoms with Gasteiger partial charge in [0.15, 0.2) is 0 Å². The molecule has 0 aliphatic carbocycles. The van der Waals surface area contributed by atoms with E-state index in [0.29, 0.717) is 0 Å². The summed E-state index contributed by atoms with van der Waals surface area (Å²) in [5.41, 5.74) is 9.53. The van der Waals surface area contributed by atoms with E-state index in [4.69, 9.17) is 0 Å². The first-order valence-electron chi connectivity index (χ1n) is 6.77. The molecule has 3 rings (SSSR count). The lowest BCUT2D eigenvalue weighted by Gasteiger charge is -2.12. The van der Waals surface area contributed by atoms with Crippen LogP contribution in [-0.2, 0) is 6.54 Å². The Labute approximate surface area is 123 Å². The fourth-order valence-corrected chi connectivity index (χ4v) is 3.09. The standard InChI is InChI=1S/C17H18N2S/c1-11-6-13(3)14(7-12(11)2)9-18-15-4-5-16-17(8-15)20-10-19-16/h4-8,10,18H,9H2,1-3H3. The summed E-state index contributed by atoms with van der Waals surface area (Å²) >= 11 is 1.68. The number of hydrogen-bond donors (Lipinski definition) is 1. The van der Waals surface area contributed by atoms with Crippen molar-refractivity contribution >= 4 is 27.2 Å². The summed E-state index contributed by atoms with van der Waals surface area (Å²) in [7, 11) is 0. The predicted octanol–water partition coefficient (Wildman–Crippen LogP) is 4.83. The van der Waals surface area contributed by atoms with Crippen LogP contribution in [0, 0.1) is 20.8 Å². The molecule has 1 aromatic heterocycles. The number of nitrogens with one attached hydrogen (secondary N) is 1. The Morgan fingerprint density at radius 2 is 1.80 bits per heavy atom. The molecule has 20 heavy (non-hydrogen) atoms. The van der Waals surface area contributed by atoms with E-state index < -0.39 is 0 Å². The van der Waals surface area contributed by atoms with Crippen molar-refractivity contribution < 1.29 is 0 Å². The van der Waals surface area contributed by atoms with Crippen LogP contribution < -0.4 is 5.32 Å². The first kappa shape index (κ1) is 13.1. The molecule has 0 spiro atoms. The van der Waals surface area contributed by atoms with Crippen molar-refractivity contribution in [2.24, 2.45) is 0 Å². The number of rotatable bonds is 3. The summed E-state index contributed by atoms with van der Waals surface area (Å²) < 4.78 is 1.23. The van der Waals surface area contributed by atoms with Gasteiger partial charge >= 0.3 is 0 Å². The maximum Gasteiger partial charge on any atom is 0.0813 e. The first-order valence-corrected chi connectivity index (χ1v) is 7.65. The molecule has 0 unspecified atom stereocenters. The van der Waals surface area contributed by atoms with E-state index in [0.717, 1.165) is 17.7 Å². The Hall–Kier alpha value is -1.87. The molecule has 0 fully saturated rings. The third-order valence-electron chi connectivity index (χ3n) is 3.77. The minimum atomic E-state index is 0.858. The van der Waals surface area contributed by atoms with Gasteiger partial charge in [0, 0.05) is 12.2 Å². The van der Waals surface area contributed by atoms with Crippen molar-refractivity contribution in [1.82, 2.24) is 4.98 Å². The Balaban J connectivity index is 1.80. The van der Waals surface area contributed by atoms with Gasteiger partial charge in [-0.2, -0.15) is 0 Å². The lowest BCUT2D eigenvalue weighted by Crippen LogP contribution is -2.02. The molecule has 1 N–H and O–H groups in total. The SMILES string of the molecule is Cc1cc(C)c(CNc2ccc3ncsc3c2)cc1C. The van der Waals surface area contributed by atoms with Gasteiger partial charge in [0.1, 0.15) is 0 Å². The van der Waals surface area contributed by atoms with E-state index in [9.17, 15) is 0 Å². The molecule has 3 aromatic rings. The van der Waals surface area contributed by atoms with Gasteiger partial charge in [-0.15, -0.1) is 11.3 Å². The minimum Gasteiger partial charge on any atom is -0.381 e. The maximum absolute atomic E-state index is 4.30. The normalized spacial score (nSPS) is 10.9.